The second kappa shape index (κ2) is 13.2. The lowest BCUT2D eigenvalue weighted by atomic mass is 9.86. The molecule has 5 rings (SSSR count). The quantitative estimate of drug-likeness (QED) is 0.609. The Kier molecular flexibility index (Phi) is 9.48. The average Bonchev–Trinajstić information content (AvgIpc) is 3.60. The number of anilines is 1. The summed E-state index contributed by atoms with van der Waals surface area (Å²) in [6.07, 6.45) is 6.36. The van der Waals surface area contributed by atoms with Crippen LogP contribution >= 0.6 is 0 Å². The van der Waals surface area contributed by atoms with E-state index in [2.05, 4.69) is 46.2 Å². The third kappa shape index (κ3) is 7.06. The molecule has 35 heavy (non-hydrogen) atoms. The van der Waals surface area contributed by atoms with Gasteiger partial charge in [-0.25, -0.2) is 0 Å². The summed E-state index contributed by atoms with van der Waals surface area (Å²) in [4.78, 5) is 5.03. The molecule has 4 atom stereocenters. The van der Waals surface area contributed by atoms with E-state index in [0.717, 1.165) is 43.3 Å². The number of fused-ring (bicyclic) bond motifs is 5. The van der Waals surface area contributed by atoms with Crippen molar-refractivity contribution < 1.29 is 23.7 Å². The smallest absolute Gasteiger partial charge is 0.0701 e. The topological polar surface area (TPSA) is 52.6 Å². The second-order valence-corrected chi connectivity index (χ2v) is 10.2. The van der Waals surface area contributed by atoms with Gasteiger partial charge in [-0.3, -0.25) is 4.90 Å². The molecule has 0 amide bonds. The van der Waals surface area contributed by atoms with Gasteiger partial charge in [-0.15, -0.1) is 0 Å². The lowest BCUT2D eigenvalue weighted by molar-refractivity contribution is -0.0189. The summed E-state index contributed by atoms with van der Waals surface area (Å²) < 4.78 is 28.2. The number of rotatable bonds is 3. The van der Waals surface area contributed by atoms with Crippen LogP contribution < -0.4 is 4.90 Å². The average molecular weight is 487 g/mol. The number of hydrogen-bond acceptors (Lipinski definition) is 7. The van der Waals surface area contributed by atoms with Crippen molar-refractivity contribution in [3.63, 3.8) is 0 Å². The molecule has 7 nitrogen and oxygen atoms in total. The van der Waals surface area contributed by atoms with Crippen LogP contribution in [0, 0.1) is 23.7 Å². The minimum atomic E-state index is 0.587. The van der Waals surface area contributed by atoms with Crippen molar-refractivity contribution in [1.29, 1.82) is 0 Å². The van der Waals surface area contributed by atoms with Gasteiger partial charge in [0, 0.05) is 38.4 Å². The van der Waals surface area contributed by atoms with Crippen LogP contribution in [0.15, 0.2) is 36.4 Å². The standard InChI is InChI=1S/C28H42N2O5/c1-5-26(30-21-27-24-3-4-25(19-24)28(27)22-30)6-2-23(1)20-29-7-9-31-11-13-33-15-17-35-18-16-34-14-12-32-10-8-29/h1-6,24-25,27-28H,7-22H2/t24-,25+,27-,28+. The number of hydrogen-bond donors (Lipinski definition) is 0. The van der Waals surface area contributed by atoms with Crippen LogP contribution in [0.25, 0.3) is 0 Å². The summed E-state index contributed by atoms with van der Waals surface area (Å²) in [5, 5.41) is 0. The third-order valence-corrected chi connectivity index (χ3v) is 7.96. The largest absolute Gasteiger partial charge is 0.378 e. The highest BCUT2D eigenvalue weighted by Gasteiger charge is 2.49. The molecule has 2 aliphatic carbocycles. The fourth-order valence-corrected chi connectivity index (χ4v) is 6.07. The Morgan fingerprint density at radius 1 is 0.600 bits per heavy atom. The molecule has 7 heteroatoms. The fraction of sp³-hybridized carbons (Fsp3) is 0.714. The first-order chi connectivity index (χ1) is 17.4. The van der Waals surface area contributed by atoms with Gasteiger partial charge >= 0.3 is 0 Å². The van der Waals surface area contributed by atoms with Crippen molar-refractivity contribution in [1.82, 2.24) is 4.90 Å². The van der Waals surface area contributed by atoms with Gasteiger partial charge in [-0.2, -0.15) is 0 Å². The molecule has 0 N–H and O–H groups in total. The number of nitrogens with zero attached hydrogens (tertiary/aromatic N) is 2. The molecule has 194 valence electrons. The monoisotopic (exact) mass is 486 g/mol. The molecular formula is C28H42N2O5. The first kappa shape index (κ1) is 25.2. The molecular weight excluding hydrogens is 444 g/mol. The Morgan fingerprint density at radius 3 is 1.54 bits per heavy atom. The molecule has 1 saturated carbocycles. The van der Waals surface area contributed by atoms with Crippen LogP contribution in [0.1, 0.15) is 12.0 Å². The van der Waals surface area contributed by atoms with E-state index in [1.807, 2.05) is 0 Å². The van der Waals surface area contributed by atoms with Crippen molar-refractivity contribution in [3.05, 3.63) is 42.0 Å². The summed E-state index contributed by atoms with van der Waals surface area (Å²) >= 11 is 0. The molecule has 2 saturated heterocycles. The SMILES string of the molecule is C1=C[C@H]2C[C@@H]1[C@H]1CN(c3ccc(CN4CCOCCOCCOCCOCCOCC4)cc3)C[C@H]12. The lowest BCUT2D eigenvalue weighted by Crippen LogP contribution is -2.31. The summed E-state index contributed by atoms with van der Waals surface area (Å²) in [6, 6.07) is 9.24. The minimum absolute atomic E-state index is 0.587. The molecule has 1 aromatic rings. The summed E-state index contributed by atoms with van der Waals surface area (Å²) in [5.41, 5.74) is 2.71. The van der Waals surface area contributed by atoms with E-state index in [9.17, 15) is 0 Å². The maximum absolute atomic E-state index is 5.81. The Hall–Kier alpha value is -1.48. The predicted molar refractivity (Wildman–Crippen MR) is 136 cm³/mol. The van der Waals surface area contributed by atoms with Gasteiger partial charge in [0.15, 0.2) is 0 Å². The number of ether oxygens (including phenoxy) is 5. The predicted octanol–water partition coefficient (Wildman–Crippen LogP) is 2.84. The highest BCUT2D eigenvalue weighted by molar-refractivity contribution is 5.49. The van der Waals surface area contributed by atoms with Gasteiger partial charge in [0.1, 0.15) is 0 Å². The third-order valence-electron chi connectivity index (χ3n) is 7.96. The van der Waals surface area contributed by atoms with Gasteiger partial charge < -0.3 is 28.6 Å². The van der Waals surface area contributed by atoms with Crippen LogP contribution in [0.4, 0.5) is 5.69 Å². The van der Waals surface area contributed by atoms with Crippen molar-refractivity contribution in [3.8, 4) is 0 Å². The van der Waals surface area contributed by atoms with Crippen LogP contribution in [0.3, 0.4) is 0 Å². The second-order valence-electron chi connectivity index (χ2n) is 10.2. The first-order valence-electron chi connectivity index (χ1n) is 13.5. The zero-order valence-corrected chi connectivity index (χ0v) is 21.0. The molecule has 0 aromatic heterocycles. The highest BCUT2D eigenvalue weighted by atomic mass is 16.6. The molecule has 2 bridgehead atoms. The molecule has 3 fully saturated rings. The minimum Gasteiger partial charge on any atom is -0.378 e. The van der Waals surface area contributed by atoms with Crippen molar-refractivity contribution in [2.75, 3.05) is 97.1 Å². The summed E-state index contributed by atoms with van der Waals surface area (Å²) in [6.45, 7) is 11.2. The molecule has 1 aromatic carbocycles. The van der Waals surface area contributed by atoms with Crippen molar-refractivity contribution in [2.45, 2.75) is 13.0 Å². The molecule has 2 heterocycles. The van der Waals surface area contributed by atoms with Gasteiger partial charge in [0.05, 0.1) is 66.1 Å². The Bertz CT molecular complexity index is 750. The van der Waals surface area contributed by atoms with Gasteiger partial charge in [0.2, 0.25) is 0 Å². The van der Waals surface area contributed by atoms with E-state index in [0.29, 0.717) is 66.1 Å². The van der Waals surface area contributed by atoms with Gasteiger partial charge in [-0.05, 0) is 47.8 Å². The Labute approximate surface area is 210 Å². The molecule has 2 aliphatic heterocycles. The highest BCUT2D eigenvalue weighted by Crippen LogP contribution is 2.51. The van der Waals surface area contributed by atoms with Gasteiger partial charge in [0.25, 0.3) is 0 Å². The van der Waals surface area contributed by atoms with Gasteiger partial charge in [-0.1, -0.05) is 24.3 Å². The van der Waals surface area contributed by atoms with E-state index in [-0.39, 0.29) is 0 Å². The van der Waals surface area contributed by atoms with E-state index in [1.165, 1.54) is 30.8 Å². The number of benzene rings is 1. The fourth-order valence-electron chi connectivity index (χ4n) is 6.07. The van der Waals surface area contributed by atoms with E-state index < -0.39 is 0 Å². The Morgan fingerprint density at radius 2 is 1.06 bits per heavy atom. The molecule has 0 radical (unpaired) electrons. The lowest BCUT2D eigenvalue weighted by Gasteiger charge is -2.24. The molecule has 4 aliphatic rings. The summed E-state index contributed by atoms with van der Waals surface area (Å²) in [7, 11) is 0. The molecule has 0 unspecified atom stereocenters. The Balaban J connectivity index is 1.09. The maximum atomic E-state index is 5.81. The van der Waals surface area contributed by atoms with E-state index >= 15 is 0 Å². The van der Waals surface area contributed by atoms with Crippen LogP contribution in [0.2, 0.25) is 0 Å². The normalized spacial score (nSPS) is 31.8. The van der Waals surface area contributed by atoms with E-state index in [4.69, 9.17) is 23.7 Å². The van der Waals surface area contributed by atoms with Crippen molar-refractivity contribution >= 4 is 5.69 Å². The van der Waals surface area contributed by atoms with Crippen molar-refractivity contribution in [2.24, 2.45) is 23.7 Å². The van der Waals surface area contributed by atoms with Crippen LogP contribution in [0.5, 0.6) is 0 Å². The van der Waals surface area contributed by atoms with Crippen LogP contribution in [-0.2, 0) is 30.2 Å². The van der Waals surface area contributed by atoms with E-state index in [1.54, 1.807) is 0 Å². The first-order valence-corrected chi connectivity index (χ1v) is 13.5. The zero-order valence-electron chi connectivity index (χ0n) is 21.0. The number of allylic oxidation sites excluding steroid dienone is 2. The summed E-state index contributed by atoms with van der Waals surface area (Å²) in [5.74, 6) is 3.40. The van der Waals surface area contributed by atoms with Crippen LogP contribution in [-0.4, -0.2) is 97.1 Å². The maximum Gasteiger partial charge on any atom is 0.0701 e. The molecule has 0 spiro atoms. The zero-order chi connectivity index (χ0) is 23.7.